The fraction of sp³-hybridized carbons (Fsp3) is 0.438. The highest BCUT2D eigenvalue weighted by Gasteiger charge is 1.98. The molecule has 0 bridgehead atoms. The molecule has 1 aromatic carbocycles. The first-order valence-corrected chi connectivity index (χ1v) is 8.20. The molecule has 0 aliphatic carbocycles. The third-order valence-electron chi connectivity index (χ3n) is 3.09. The number of hydrogen-bond acceptors (Lipinski definition) is 4. The molecule has 0 fully saturated rings. The van der Waals surface area contributed by atoms with Gasteiger partial charge in [-0.05, 0) is 42.9 Å². The molecule has 0 aliphatic rings. The van der Waals surface area contributed by atoms with Gasteiger partial charge in [0.15, 0.2) is 0 Å². The third-order valence-corrected chi connectivity index (χ3v) is 4.16. The molecule has 2 aromatic rings. The van der Waals surface area contributed by atoms with Crippen LogP contribution < -0.4 is 5.32 Å². The molecule has 0 aliphatic heterocycles. The van der Waals surface area contributed by atoms with Crippen molar-refractivity contribution in [2.75, 3.05) is 24.7 Å². The standard InChI is InChI=1S/C16H22N2OS/c1-13-3-5-15-11-14(4-6-16(15)18-13)12-17-7-10-20-9-2-8-19/h3-6,11,17,19H,2,7-10,12H2,1H3. The van der Waals surface area contributed by atoms with Crippen LogP contribution in [-0.2, 0) is 6.54 Å². The molecule has 3 nitrogen and oxygen atoms in total. The maximum absolute atomic E-state index is 8.69. The molecule has 1 aromatic heterocycles. The number of thioether (sulfide) groups is 1. The van der Waals surface area contributed by atoms with Gasteiger partial charge in [-0.15, -0.1) is 0 Å². The lowest BCUT2D eigenvalue weighted by atomic mass is 10.1. The number of aliphatic hydroxyl groups excluding tert-OH is 1. The van der Waals surface area contributed by atoms with E-state index in [1.54, 1.807) is 0 Å². The summed E-state index contributed by atoms with van der Waals surface area (Å²) in [5.41, 5.74) is 3.42. The molecule has 1 heterocycles. The van der Waals surface area contributed by atoms with Crippen LogP contribution in [-0.4, -0.2) is 34.7 Å². The van der Waals surface area contributed by atoms with E-state index in [-0.39, 0.29) is 0 Å². The van der Waals surface area contributed by atoms with Gasteiger partial charge in [-0.2, -0.15) is 11.8 Å². The number of aromatic nitrogens is 1. The normalized spacial score (nSPS) is 11.1. The first-order chi connectivity index (χ1) is 9.79. The van der Waals surface area contributed by atoms with Crippen molar-refractivity contribution in [1.82, 2.24) is 10.3 Å². The number of fused-ring (bicyclic) bond motifs is 1. The van der Waals surface area contributed by atoms with Crippen molar-refractivity contribution in [3.05, 3.63) is 41.6 Å². The van der Waals surface area contributed by atoms with Gasteiger partial charge in [0.25, 0.3) is 0 Å². The summed E-state index contributed by atoms with van der Waals surface area (Å²) in [5.74, 6) is 2.13. The monoisotopic (exact) mass is 290 g/mol. The number of hydrogen-bond donors (Lipinski definition) is 2. The van der Waals surface area contributed by atoms with E-state index in [0.717, 1.165) is 42.2 Å². The number of aliphatic hydroxyl groups is 1. The summed E-state index contributed by atoms with van der Waals surface area (Å²) >= 11 is 1.88. The van der Waals surface area contributed by atoms with E-state index in [1.807, 2.05) is 18.7 Å². The van der Waals surface area contributed by atoms with E-state index >= 15 is 0 Å². The smallest absolute Gasteiger partial charge is 0.0705 e. The minimum absolute atomic E-state index is 0.297. The average Bonchev–Trinajstić information content (AvgIpc) is 2.46. The van der Waals surface area contributed by atoms with Crippen molar-refractivity contribution < 1.29 is 5.11 Å². The molecule has 0 saturated carbocycles. The van der Waals surface area contributed by atoms with Crippen molar-refractivity contribution in [2.45, 2.75) is 19.9 Å². The van der Waals surface area contributed by atoms with E-state index in [0.29, 0.717) is 6.61 Å². The van der Waals surface area contributed by atoms with E-state index in [9.17, 15) is 0 Å². The van der Waals surface area contributed by atoms with Crippen LogP contribution in [0.3, 0.4) is 0 Å². The summed E-state index contributed by atoms with van der Waals surface area (Å²) in [6.45, 7) is 4.21. The van der Waals surface area contributed by atoms with Crippen LogP contribution in [0.1, 0.15) is 17.7 Å². The molecule has 0 spiro atoms. The highest BCUT2D eigenvalue weighted by Crippen LogP contribution is 2.14. The lowest BCUT2D eigenvalue weighted by Gasteiger charge is -2.06. The number of benzene rings is 1. The van der Waals surface area contributed by atoms with E-state index in [4.69, 9.17) is 5.11 Å². The summed E-state index contributed by atoms with van der Waals surface area (Å²) in [4.78, 5) is 4.51. The van der Waals surface area contributed by atoms with Crippen LogP contribution in [0.5, 0.6) is 0 Å². The van der Waals surface area contributed by atoms with Gasteiger partial charge in [0.2, 0.25) is 0 Å². The Kier molecular flexibility index (Phi) is 6.30. The SMILES string of the molecule is Cc1ccc2cc(CNCCSCCCO)ccc2n1. The van der Waals surface area contributed by atoms with Crippen molar-refractivity contribution >= 4 is 22.7 Å². The first kappa shape index (κ1) is 15.3. The van der Waals surface area contributed by atoms with Gasteiger partial charge in [-0.3, -0.25) is 4.98 Å². The fourth-order valence-corrected chi connectivity index (χ4v) is 2.86. The number of pyridine rings is 1. The molecular formula is C16H22N2OS. The lowest BCUT2D eigenvalue weighted by Crippen LogP contribution is -2.16. The molecule has 4 heteroatoms. The summed E-state index contributed by atoms with van der Waals surface area (Å²) in [6.07, 6.45) is 0.891. The van der Waals surface area contributed by atoms with Crippen LogP contribution in [0.4, 0.5) is 0 Å². The molecule has 0 atom stereocenters. The van der Waals surface area contributed by atoms with Crippen molar-refractivity contribution in [2.24, 2.45) is 0 Å². The number of rotatable bonds is 8. The van der Waals surface area contributed by atoms with Gasteiger partial charge < -0.3 is 10.4 Å². The van der Waals surface area contributed by atoms with Gasteiger partial charge in [-0.25, -0.2) is 0 Å². The predicted octanol–water partition coefficient (Wildman–Crippen LogP) is 2.75. The minimum atomic E-state index is 0.297. The summed E-state index contributed by atoms with van der Waals surface area (Å²) < 4.78 is 0. The topological polar surface area (TPSA) is 45.1 Å². The molecule has 0 saturated heterocycles. The average molecular weight is 290 g/mol. The second-order valence-corrected chi connectivity index (χ2v) is 6.07. The largest absolute Gasteiger partial charge is 0.396 e. The highest BCUT2D eigenvalue weighted by molar-refractivity contribution is 7.99. The van der Waals surface area contributed by atoms with E-state index in [1.165, 1.54) is 10.9 Å². The van der Waals surface area contributed by atoms with Crippen LogP contribution in [0.25, 0.3) is 10.9 Å². The van der Waals surface area contributed by atoms with Crippen LogP contribution >= 0.6 is 11.8 Å². The Bertz CT molecular complexity index is 545. The Morgan fingerprint density at radius 3 is 2.95 bits per heavy atom. The zero-order chi connectivity index (χ0) is 14.2. The Hall–Kier alpha value is -1.10. The van der Waals surface area contributed by atoms with Gasteiger partial charge in [0.1, 0.15) is 0 Å². The third kappa shape index (κ3) is 4.78. The maximum atomic E-state index is 8.69. The molecule has 0 unspecified atom stereocenters. The van der Waals surface area contributed by atoms with Gasteiger partial charge in [0, 0.05) is 36.5 Å². The van der Waals surface area contributed by atoms with Crippen LogP contribution in [0, 0.1) is 6.92 Å². The Morgan fingerprint density at radius 1 is 1.20 bits per heavy atom. The van der Waals surface area contributed by atoms with Gasteiger partial charge in [0.05, 0.1) is 5.52 Å². The van der Waals surface area contributed by atoms with Gasteiger partial charge in [-0.1, -0.05) is 12.1 Å². The number of nitrogens with zero attached hydrogens (tertiary/aromatic N) is 1. The summed E-state index contributed by atoms with van der Waals surface area (Å²) in [7, 11) is 0. The van der Waals surface area contributed by atoms with E-state index in [2.05, 4.69) is 40.6 Å². The first-order valence-electron chi connectivity index (χ1n) is 7.05. The minimum Gasteiger partial charge on any atom is -0.396 e. The Morgan fingerprint density at radius 2 is 2.10 bits per heavy atom. The van der Waals surface area contributed by atoms with Gasteiger partial charge >= 0.3 is 0 Å². The quantitative estimate of drug-likeness (QED) is 0.734. The fourth-order valence-electron chi connectivity index (χ4n) is 2.03. The molecule has 0 amide bonds. The van der Waals surface area contributed by atoms with Crippen molar-refractivity contribution in [3.8, 4) is 0 Å². The highest BCUT2D eigenvalue weighted by atomic mass is 32.2. The van der Waals surface area contributed by atoms with Crippen LogP contribution in [0.2, 0.25) is 0 Å². The molecule has 2 N–H and O–H groups in total. The summed E-state index contributed by atoms with van der Waals surface area (Å²) in [6, 6.07) is 10.6. The second-order valence-electron chi connectivity index (χ2n) is 4.85. The Labute approximate surface area is 124 Å². The van der Waals surface area contributed by atoms with Crippen molar-refractivity contribution in [3.63, 3.8) is 0 Å². The molecule has 20 heavy (non-hydrogen) atoms. The summed E-state index contributed by atoms with van der Waals surface area (Å²) in [5, 5.41) is 13.3. The number of aryl methyl sites for hydroxylation is 1. The van der Waals surface area contributed by atoms with Crippen LogP contribution in [0.15, 0.2) is 30.3 Å². The lowest BCUT2D eigenvalue weighted by molar-refractivity contribution is 0.296. The van der Waals surface area contributed by atoms with Crippen molar-refractivity contribution in [1.29, 1.82) is 0 Å². The molecule has 0 radical (unpaired) electrons. The Balaban J connectivity index is 1.77. The van der Waals surface area contributed by atoms with E-state index < -0.39 is 0 Å². The zero-order valence-electron chi connectivity index (χ0n) is 11.9. The molecule has 2 rings (SSSR count). The maximum Gasteiger partial charge on any atom is 0.0705 e. The molecule has 108 valence electrons. The number of nitrogens with one attached hydrogen (secondary N) is 1. The molecular weight excluding hydrogens is 268 g/mol. The zero-order valence-corrected chi connectivity index (χ0v) is 12.7. The second kappa shape index (κ2) is 8.25. The predicted molar refractivity (Wildman–Crippen MR) is 87.2 cm³/mol.